The van der Waals surface area contributed by atoms with Crippen LogP contribution in [0.2, 0.25) is 0 Å². The molecule has 0 aromatic rings. The van der Waals surface area contributed by atoms with Gasteiger partial charge in [-0.2, -0.15) is 0 Å². The van der Waals surface area contributed by atoms with Gasteiger partial charge in [-0.15, -0.1) is 5.10 Å². The third-order valence-electron chi connectivity index (χ3n) is 5.14. The topological polar surface area (TPSA) is 90.9 Å². The maximum atomic E-state index is 12.8. The van der Waals surface area contributed by atoms with Gasteiger partial charge in [-0.1, -0.05) is 72.1 Å². The number of hydrazone groups is 1. The zero-order chi connectivity index (χ0) is 22.7. The summed E-state index contributed by atoms with van der Waals surface area (Å²) in [6.07, 6.45) is 6.51. The van der Waals surface area contributed by atoms with Gasteiger partial charge in [0.15, 0.2) is 5.17 Å². The second kappa shape index (κ2) is 13.0. The fourth-order valence-electron chi connectivity index (χ4n) is 3.56. The first-order valence-corrected chi connectivity index (χ1v) is 12.2. The summed E-state index contributed by atoms with van der Waals surface area (Å²) in [5.74, 6) is -0.668. The smallest absolute Gasteiger partial charge is 0.309 e. The van der Waals surface area contributed by atoms with E-state index in [-0.39, 0.29) is 17.2 Å². The number of rotatable bonds is 6. The summed E-state index contributed by atoms with van der Waals surface area (Å²) in [5.41, 5.74) is 2.17. The van der Waals surface area contributed by atoms with Crippen molar-refractivity contribution in [3.05, 3.63) is 0 Å². The summed E-state index contributed by atoms with van der Waals surface area (Å²) in [6, 6.07) is -0.829. The molecule has 1 atom stereocenters. The van der Waals surface area contributed by atoms with Crippen LogP contribution >= 0.6 is 11.8 Å². The van der Waals surface area contributed by atoms with Gasteiger partial charge in [0.05, 0.1) is 6.04 Å². The highest BCUT2D eigenvalue weighted by Gasteiger charge is 2.33. The number of hydrogen-bond acceptors (Lipinski definition) is 5. The monoisotopic (exact) mass is 440 g/mol. The van der Waals surface area contributed by atoms with Gasteiger partial charge in [-0.3, -0.25) is 14.4 Å². The van der Waals surface area contributed by atoms with Crippen molar-refractivity contribution in [3.63, 3.8) is 0 Å². The lowest BCUT2D eigenvalue weighted by atomic mass is 9.86. The highest BCUT2D eigenvalue weighted by molar-refractivity contribution is 8.14. The molecule has 7 nitrogen and oxygen atoms in total. The standard InChI is InChI=1S/C20H34N4O3S.C2H6/c1-20(2,3)13-15(21-17(26)14-9-7-5-6-8-10-14)16(25)18(27)22-23-19-24(4)11-12-28-19;1-2/h14-15H,5-13H2,1-4H3,(H,21,26)(H,22,27);1-2H3/b23-19+;. The van der Waals surface area contributed by atoms with E-state index in [2.05, 4.69) is 15.8 Å². The molecule has 0 radical (unpaired) electrons. The molecule has 2 amide bonds. The molecule has 0 aromatic carbocycles. The molecule has 1 saturated heterocycles. The van der Waals surface area contributed by atoms with E-state index in [4.69, 9.17) is 0 Å². The Balaban J connectivity index is 0.00000218. The molecule has 2 N–H and O–H groups in total. The predicted octanol–water partition coefficient (Wildman–Crippen LogP) is 3.54. The third-order valence-corrected chi connectivity index (χ3v) is 6.18. The fourth-order valence-corrected chi connectivity index (χ4v) is 4.53. The van der Waals surface area contributed by atoms with Crippen LogP contribution in [0.1, 0.15) is 79.6 Å². The van der Waals surface area contributed by atoms with Crippen molar-refractivity contribution in [1.82, 2.24) is 15.6 Å². The van der Waals surface area contributed by atoms with Gasteiger partial charge < -0.3 is 10.2 Å². The largest absolute Gasteiger partial charge is 0.352 e. The van der Waals surface area contributed by atoms with Crippen molar-refractivity contribution in [1.29, 1.82) is 0 Å². The molecular weight excluding hydrogens is 400 g/mol. The lowest BCUT2D eigenvalue weighted by Crippen LogP contribution is -2.50. The van der Waals surface area contributed by atoms with E-state index >= 15 is 0 Å². The molecule has 1 heterocycles. The van der Waals surface area contributed by atoms with Crippen molar-refractivity contribution in [3.8, 4) is 0 Å². The quantitative estimate of drug-likeness (QED) is 0.374. The zero-order valence-corrected chi connectivity index (χ0v) is 20.4. The fraction of sp³-hybridized carbons (Fsp3) is 0.818. The van der Waals surface area contributed by atoms with Gasteiger partial charge in [-0.25, -0.2) is 5.43 Å². The first kappa shape index (κ1) is 26.5. The molecule has 1 saturated carbocycles. The average molecular weight is 441 g/mol. The molecule has 172 valence electrons. The normalized spacial score (nSPS) is 20.1. The maximum absolute atomic E-state index is 12.8. The van der Waals surface area contributed by atoms with E-state index in [9.17, 15) is 14.4 Å². The lowest BCUT2D eigenvalue weighted by molar-refractivity contribution is -0.141. The minimum Gasteiger partial charge on any atom is -0.352 e. The molecule has 1 unspecified atom stereocenters. The average Bonchev–Trinajstić information content (AvgIpc) is 2.93. The summed E-state index contributed by atoms with van der Waals surface area (Å²) in [4.78, 5) is 39.9. The molecule has 2 rings (SSSR count). The van der Waals surface area contributed by atoms with Gasteiger partial charge in [0, 0.05) is 25.3 Å². The Hall–Kier alpha value is -1.57. The van der Waals surface area contributed by atoms with Gasteiger partial charge >= 0.3 is 5.91 Å². The second-order valence-electron chi connectivity index (χ2n) is 8.98. The van der Waals surface area contributed by atoms with Crippen LogP contribution < -0.4 is 10.7 Å². The van der Waals surface area contributed by atoms with Crippen LogP contribution in [0.15, 0.2) is 5.10 Å². The van der Waals surface area contributed by atoms with E-state index < -0.39 is 17.7 Å². The number of carbonyl (C=O) groups is 3. The van der Waals surface area contributed by atoms with E-state index in [1.165, 1.54) is 11.8 Å². The number of nitrogens with one attached hydrogen (secondary N) is 2. The van der Waals surface area contributed by atoms with Crippen molar-refractivity contribution in [2.45, 2.75) is 85.6 Å². The second-order valence-corrected chi connectivity index (χ2v) is 10.0. The molecule has 2 fully saturated rings. The number of ketones is 1. The third kappa shape index (κ3) is 9.06. The number of carbonyl (C=O) groups excluding carboxylic acids is 3. The Morgan fingerprint density at radius 3 is 2.23 bits per heavy atom. The van der Waals surface area contributed by atoms with Crippen molar-refractivity contribution >= 4 is 34.5 Å². The highest BCUT2D eigenvalue weighted by Crippen LogP contribution is 2.25. The first-order valence-electron chi connectivity index (χ1n) is 11.2. The Labute approximate surface area is 186 Å². The summed E-state index contributed by atoms with van der Waals surface area (Å²) in [6.45, 7) is 10.8. The van der Waals surface area contributed by atoms with Gasteiger partial charge in [0.25, 0.3) is 0 Å². The van der Waals surface area contributed by atoms with Crippen LogP contribution in [0.4, 0.5) is 0 Å². The SMILES string of the molecule is CC.CN1CCS/C1=N/NC(=O)C(=O)C(CC(C)(C)C)NC(=O)C1CCCCCC1. The molecule has 8 heteroatoms. The van der Waals surface area contributed by atoms with Crippen LogP contribution in [0, 0.1) is 11.3 Å². The van der Waals surface area contributed by atoms with Gasteiger partial charge in [-0.05, 0) is 24.7 Å². The van der Waals surface area contributed by atoms with Crippen molar-refractivity contribution in [2.75, 3.05) is 19.3 Å². The first-order chi connectivity index (χ1) is 14.2. The summed E-state index contributed by atoms with van der Waals surface area (Å²) >= 11 is 1.53. The molecule has 0 aromatic heterocycles. The summed E-state index contributed by atoms with van der Waals surface area (Å²) < 4.78 is 0. The molecule has 0 spiro atoms. The van der Waals surface area contributed by atoms with E-state index in [1.54, 1.807) is 0 Å². The summed E-state index contributed by atoms with van der Waals surface area (Å²) in [7, 11) is 1.89. The Morgan fingerprint density at radius 2 is 1.73 bits per heavy atom. The highest BCUT2D eigenvalue weighted by atomic mass is 32.2. The maximum Gasteiger partial charge on any atom is 0.309 e. The number of nitrogens with zero attached hydrogens (tertiary/aromatic N) is 2. The number of thioether (sulfide) groups is 1. The molecule has 2 aliphatic rings. The van der Waals surface area contributed by atoms with Crippen LogP contribution in [0.25, 0.3) is 0 Å². The molecule has 1 aliphatic heterocycles. The number of Topliss-reactive ketones (excluding diaryl/α,β-unsaturated/α-hetero) is 1. The van der Waals surface area contributed by atoms with Crippen LogP contribution in [-0.2, 0) is 14.4 Å². The van der Waals surface area contributed by atoms with Gasteiger partial charge in [0.1, 0.15) is 0 Å². The van der Waals surface area contributed by atoms with Crippen LogP contribution in [0.5, 0.6) is 0 Å². The zero-order valence-electron chi connectivity index (χ0n) is 19.5. The van der Waals surface area contributed by atoms with Gasteiger partial charge in [0.2, 0.25) is 11.7 Å². The van der Waals surface area contributed by atoms with Crippen molar-refractivity contribution < 1.29 is 14.4 Å². The van der Waals surface area contributed by atoms with E-state index in [1.807, 2.05) is 46.6 Å². The Kier molecular flexibility index (Phi) is 11.4. The molecule has 1 aliphatic carbocycles. The molecule has 0 bridgehead atoms. The number of amidine groups is 1. The number of hydrogen-bond donors (Lipinski definition) is 2. The van der Waals surface area contributed by atoms with Crippen LogP contribution in [0.3, 0.4) is 0 Å². The summed E-state index contributed by atoms with van der Waals surface area (Å²) in [5, 5.41) is 7.62. The number of amides is 2. The molecule has 30 heavy (non-hydrogen) atoms. The van der Waals surface area contributed by atoms with Crippen LogP contribution in [-0.4, -0.2) is 53.1 Å². The predicted molar refractivity (Wildman–Crippen MR) is 124 cm³/mol. The minimum absolute atomic E-state index is 0.0652. The van der Waals surface area contributed by atoms with E-state index in [0.29, 0.717) is 11.6 Å². The lowest BCUT2D eigenvalue weighted by Gasteiger charge is -2.27. The Morgan fingerprint density at radius 1 is 1.13 bits per heavy atom. The minimum atomic E-state index is -0.829. The molecular formula is C22H40N4O3S. The van der Waals surface area contributed by atoms with E-state index in [0.717, 1.165) is 50.8 Å². The Bertz CT molecular complexity index is 608. The van der Waals surface area contributed by atoms with Crippen molar-refractivity contribution in [2.24, 2.45) is 16.4 Å².